The lowest BCUT2D eigenvalue weighted by Gasteiger charge is -2.08. The predicted molar refractivity (Wildman–Crippen MR) is 89.6 cm³/mol. The molecule has 1 unspecified atom stereocenters. The second-order valence-corrected chi connectivity index (χ2v) is 6.94. The molecule has 1 atom stereocenters. The molecule has 2 heterocycles. The van der Waals surface area contributed by atoms with Gasteiger partial charge in [0, 0.05) is 32.6 Å². The van der Waals surface area contributed by atoms with Crippen LogP contribution in [0.3, 0.4) is 0 Å². The van der Waals surface area contributed by atoms with E-state index in [0.29, 0.717) is 26.5 Å². The summed E-state index contributed by atoms with van der Waals surface area (Å²) >= 11 is 7.31. The van der Waals surface area contributed by atoms with Gasteiger partial charge in [-0.1, -0.05) is 11.6 Å². The van der Waals surface area contributed by atoms with Crippen molar-refractivity contribution < 1.29 is 14.7 Å². The quantitative estimate of drug-likeness (QED) is 0.698. The molecule has 3 rings (SSSR count). The largest absolute Gasteiger partial charge is 0.481 e. The van der Waals surface area contributed by atoms with Crippen LogP contribution in [0.1, 0.15) is 38.8 Å². The number of nitrogens with one attached hydrogen (secondary N) is 1. The summed E-state index contributed by atoms with van der Waals surface area (Å²) in [6, 6.07) is 5.10. The second-order valence-electron chi connectivity index (χ2n) is 5.27. The highest BCUT2D eigenvalue weighted by Crippen LogP contribution is 2.33. The molecule has 1 aromatic carbocycles. The summed E-state index contributed by atoms with van der Waals surface area (Å²) in [5, 5.41) is 10.9. The molecule has 5 nitrogen and oxygen atoms in total. The molecule has 23 heavy (non-hydrogen) atoms. The third-order valence-electron chi connectivity index (χ3n) is 3.65. The van der Waals surface area contributed by atoms with Gasteiger partial charge in [-0.25, -0.2) is 4.98 Å². The Bertz CT molecular complexity index is 929. The van der Waals surface area contributed by atoms with E-state index < -0.39 is 11.9 Å². The van der Waals surface area contributed by atoms with Crippen molar-refractivity contribution >= 4 is 45.6 Å². The maximum atomic E-state index is 12.8. The van der Waals surface area contributed by atoms with Crippen molar-refractivity contribution in [3.63, 3.8) is 0 Å². The van der Waals surface area contributed by atoms with Gasteiger partial charge in [-0.2, -0.15) is 0 Å². The van der Waals surface area contributed by atoms with Gasteiger partial charge in [0.15, 0.2) is 5.01 Å². The third kappa shape index (κ3) is 2.75. The smallest absolute Gasteiger partial charge is 0.310 e. The summed E-state index contributed by atoms with van der Waals surface area (Å²) in [6.45, 7) is 3.41. The molecule has 0 radical (unpaired) electrons. The lowest BCUT2D eigenvalue weighted by Crippen LogP contribution is -2.12. The molecule has 2 N–H and O–H groups in total. The average molecular weight is 349 g/mol. The summed E-state index contributed by atoms with van der Waals surface area (Å²) in [5.74, 6) is -2.16. The Labute approximate surface area is 140 Å². The summed E-state index contributed by atoms with van der Waals surface area (Å²) < 4.78 is 0. The van der Waals surface area contributed by atoms with E-state index in [4.69, 9.17) is 11.6 Å². The Hall–Kier alpha value is -2.18. The average Bonchev–Trinajstić information content (AvgIpc) is 3.09. The Morgan fingerprint density at radius 2 is 2.13 bits per heavy atom. The molecule has 0 saturated heterocycles. The molecule has 7 heteroatoms. The first kappa shape index (κ1) is 15.7. The standard InChI is InChI=1S/C16H13ClN2O3S/c1-7-6-18-15(23-7)14(20)13-12(8(2)16(21)22)10-5-9(17)3-4-11(10)19-13/h3-6,8,19H,1-2H3,(H,21,22). The number of aromatic amines is 1. The number of halogens is 1. The number of benzene rings is 1. The summed E-state index contributed by atoms with van der Waals surface area (Å²) in [4.78, 5) is 32.3. The fourth-order valence-electron chi connectivity index (χ4n) is 2.50. The zero-order valence-electron chi connectivity index (χ0n) is 12.4. The predicted octanol–water partition coefficient (Wildman–Crippen LogP) is 4.01. The van der Waals surface area contributed by atoms with Crippen molar-refractivity contribution in [2.75, 3.05) is 0 Å². The maximum absolute atomic E-state index is 12.8. The number of nitrogens with zero attached hydrogens (tertiary/aromatic N) is 1. The molecule has 0 spiro atoms. The van der Waals surface area contributed by atoms with E-state index in [1.54, 1.807) is 31.3 Å². The number of carbonyl (C=O) groups excluding carboxylic acids is 1. The second kappa shape index (κ2) is 5.79. The molecule has 0 aliphatic rings. The summed E-state index contributed by atoms with van der Waals surface area (Å²) in [5.41, 5.74) is 1.37. The molecule has 0 aliphatic carbocycles. The van der Waals surface area contributed by atoms with Crippen molar-refractivity contribution in [3.8, 4) is 0 Å². The molecule has 0 bridgehead atoms. The van der Waals surface area contributed by atoms with Crippen LogP contribution in [-0.4, -0.2) is 26.8 Å². The molecule has 2 aromatic heterocycles. The van der Waals surface area contributed by atoms with Crippen LogP contribution >= 0.6 is 22.9 Å². The van der Waals surface area contributed by atoms with Crippen LogP contribution in [-0.2, 0) is 4.79 Å². The van der Waals surface area contributed by atoms with Crippen molar-refractivity contribution in [2.24, 2.45) is 0 Å². The zero-order valence-corrected chi connectivity index (χ0v) is 14.0. The van der Waals surface area contributed by atoms with Crippen molar-refractivity contribution in [2.45, 2.75) is 19.8 Å². The minimum absolute atomic E-state index is 0.256. The molecule has 3 aromatic rings. The van der Waals surface area contributed by atoms with Crippen molar-refractivity contribution in [3.05, 3.63) is 50.6 Å². The van der Waals surface area contributed by atoms with E-state index in [1.165, 1.54) is 11.3 Å². The molecular weight excluding hydrogens is 336 g/mol. The minimum Gasteiger partial charge on any atom is -0.481 e. The van der Waals surface area contributed by atoms with Gasteiger partial charge >= 0.3 is 5.97 Å². The van der Waals surface area contributed by atoms with Gasteiger partial charge < -0.3 is 10.1 Å². The van der Waals surface area contributed by atoms with Gasteiger partial charge in [0.1, 0.15) is 0 Å². The number of thiazole rings is 1. The summed E-state index contributed by atoms with van der Waals surface area (Å²) in [6.07, 6.45) is 1.62. The molecule has 0 fully saturated rings. The highest BCUT2D eigenvalue weighted by atomic mass is 35.5. The number of fused-ring (bicyclic) bond motifs is 1. The number of carbonyl (C=O) groups is 2. The molecule has 118 valence electrons. The number of aryl methyl sites for hydroxylation is 1. The maximum Gasteiger partial charge on any atom is 0.310 e. The van der Waals surface area contributed by atoms with E-state index in [1.807, 2.05) is 6.92 Å². The molecule has 0 aliphatic heterocycles. The van der Waals surface area contributed by atoms with E-state index >= 15 is 0 Å². The van der Waals surface area contributed by atoms with Crippen LogP contribution in [0.4, 0.5) is 0 Å². The first-order valence-corrected chi connectivity index (χ1v) is 8.09. The summed E-state index contributed by atoms with van der Waals surface area (Å²) in [7, 11) is 0. The van der Waals surface area contributed by atoms with Gasteiger partial charge in [-0.3, -0.25) is 9.59 Å². The highest BCUT2D eigenvalue weighted by molar-refractivity contribution is 7.13. The Balaban J connectivity index is 2.25. The molecular formula is C16H13ClN2O3S. The van der Waals surface area contributed by atoms with E-state index in [9.17, 15) is 14.7 Å². The number of H-pyrrole nitrogens is 1. The lowest BCUT2D eigenvalue weighted by atomic mass is 9.96. The number of ketones is 1. The van der Waals surface area contributed by atoms with E-state index in [0.717, 1.165) is 4.88 Å². The van der Waals surface area contributed by atoms with Gasteiger partial charge in [0.25, 0.3) is 0 Å². The lowest BCUT2D eigenvalue weighted by molar-refractivity contribution is -0.138. The topological polar surface area (TPSA) is 83.0 Å². The van der Waals surface area contributed by atoms with Gasteiger partial charge in [-0.15, -0.1) is 11.3 Å². The molecule has 0 saturated carbocycles. The fraction of sp³-hybridized carbons (Fsp3) is 0.188. The van der Waals surface area contributed by atoms with E-state index in [2.05, 4.69) is 9.97 Å². The van der Waals surface area contributed by atoms with Crippen LogP contribution in [0.25, 0.3) is 10.9 Å². The van der Waals surface area contributed by atoms with Crippen LogP contribution in [0.5, 0.6) is 0 Å². The number of carboxylic acid groups (broad SMARTS) is 1. The van der Waals surface area contributed by atoms with Crippen LogP contribution in [0.15, 0.2) is 24.4 Å². The first-order valence-electron chi connectivity index (χ1n) is 6.89. The number of aromatic nitrogens is 2. The van der Waals surface area contributed by atoms with Crippen LogP contribution in [0, 0.1) is 6.92 Å². The Morgan fingerprint density at radius 1 is 1.39 bits per heavy atom. The van der Waals surface area contributed by atoms with Crippen LogP contribution in [0.2, 0.25) is 5.02 Å². The van der Waals surface area contributed by atoms with Gasteiger partial charge in [0.2, 0.25) is 5.78 Å². The number of aliphatic carboxylic acids is 1. The number of hydrogen-bond acceptors (Lipinski definition) is 4. The highest BCUT2D eigenvalue weighted by Gasteiger charge is 2.28. The van der Waals surface area contributed by atoms with Crippen molar-refractivity contribution in [1.82, 2.24) is 9.97 Å². The van der Waals surface area contributed by atoms with Crippen molar-refractivity contribution in [1.29, 1.82) is 0 Å². The number of hydrogen-bond donors (Lipinski definition) is 2. The fourth-order valence-corrected chi connectivity index (χ4v) is 3.39. The number of rotatable bonds is 4. The van der Waals surface area contributed by atoms with Gasteiger partial charge in [-0.05, 0) is 32.0 Å². The van der Waals surface area contributed by atoms with E-state index in [-0.39, 0.29) is 11.5 Å². The zero-order chi connectivity index (χ0) is 16.7. The normalized spacial score (nSPS) is 12.5. The van der Waals surface area contributed by atoms with Crippen LogP contribution < -0.4 is 0 Å². The SMILES string of the molecule is Cc1cnc(C(=O)c2[nH]c3ccc(Cl)cc3c2C(C)C(=O)O)s1. The molecule has 0 amide bonds. The monoisotopic (exact) mass is 348 g/mol. The number of carboxylic acids is 1. The Morgan fingerprint density at radius 3 is 2.74 bits per heavy atom. The minimum atomic E-state index is -1.00. The first-order chi connectivity index (χ1) is 10.9. The Kier molecular flexibility index (Phi) is 3.95. The van der Waals surface area contributed by atoms with Gasteiger partial charge in [0.05, 0.1) is 11.6 Å². The third-order valence-corrected chi connectivity index (χ3v) is 4.79.